The van der Waals surface area contributed by atoms with Crippen LogP contribution in [0.2, 0.25) is 0 Å². The zero-order valence-electron chi connectivity index (χ0n) is 19.5. The summed E-state index contributed by atoms with van der Waals surface area (Å²) in [6, 6.07) is 28.2. The lowest BCUT2D eigenvalue weighted by Crippen LogP contribution is -2.26. The van der Waals surface area contributed by atoms with Gasteiger partial charge in [-0.3, -0.25) is 9.69 Å². The van der Waals surface area contributed by atoms with Crippen LogP contribution in [0.25, 0.3) is 0 Å². The fraction of sp³-hybridized carbons (Fsp3) is 0.207. The molecule has 1 heterocycles. The third-order valence-electron chi connectivity index (χ3n) is 5.73. The normalized spacial score (nSPS) is 12.0. The minimum atomic E-state index is -0.253. The smallest absolute Gasteiger partial charge is 0.287 e. The molecule has 1 amide bonds. The van der Waals surface area contributed by atoms with Gasteiger partial charge in [-0.1, -0.05) is 72.3 Å². The molecule has 1 unspecified atom stereocenters. The van der Waals surface area contributed by atoms with Crippen molar-refractivity contribution in [2.45, 2.75) is 39.5 Å². The predicted molar refractivity (Wildman–Crippen MR) is 132 cm³/mol. The Labute approximate surface area is 200 Å². The maximum absolute atomic E-state index is 13.8. The number of benzene rings is 3. The number of halogens is 1. The zero-order chi connectivity index (χ0) is 23.9. The molecule has 4 aromatic rings. The van der Waals surface area contributed by atoms with Gasteiger partial charge in [0, 0.05) is 13.1 Å². The molecule has 1 atom stereocenters. The summed E-state index contributed by atoms with van der Waals surface area (Å²) in [6.45, 7) is 5.72. The summed E-state index contributed by atoms with van der Waals surface area (Å²) >= 11 is 0. The van der Waals surface area contributed by atoms with Crippen LogP contribution in [0.4, 0.5) is 4.39 Å². The standard InChI is InChI=1S/C29H29FN2O2/c1-21-11-13-23(14-12-21)18-32(19-24-7-6-10-26(30)17-24)20-27-15-16-28(34-27)29(33)31-22(2)25-8-4-3-5-9-25/h3-17,22H,18-20H2,1-2H3,(H,31,33). The molecule has 0 radical (unpaired) electrons. The molecule has 5 heteroatoms. The molecule has 0 spiro atoms. The van der Waals surface area contributed by atoms with Gasteiger partial charge in [-0.15, -0.1) is 0 Å². The molecule has 0 saturated carbocycles. The number of nitrogens with one attached hydrogen (secondary N) is 1. The first-order valence-corrected chi connectivity index (χ1v) is 11.4. The summed E-state index contributed by atoms with van der Waals surface area (Å²) in [7, 11) is 0. The van der Waals surface area contributed by atoms with E-state index in [1.807, 2.05) is 49.4 Å². The lowest BCUT2D eigenvalue weighted by atomic mass is 10.1. The molecule has 1 N–H and O–H groups in total. The van der Waals surface area contributed by atoms with Gasteiger partial charge in [0.1, 0.15) is 11.6 Å². The van der Waals surface area contributed by atoms with Gasteiger partial charge in [0.25, 0.3) is 5.91 Å². The maximum atomic E-state index is 13.8. The lowest BCUT2D eigenvalue weighted by molar-refractivity contribution is 0.0907. The van der Waals surface area contributed by atoms with E-state index < -0.39 is 0 Å². The number of hydrogen-bond donors (Lipinski definition) is 1. The largest absolute Gasteiger partial charge is 0.455 e. The van der Waals surface area contributed by atoms with Crippen molar-refractivity contribution in [1.29, 1.82) is 0 Å². The summed E-state index contributed by atoms with van der Waals surface area (Å²) in [5.74, 6) is 0.454. The van der Waals surface area contributed by atoms with Gasteiger partial charge in [0.05, 0.1) is 12.6 Å². The minimum Gasteiger partial charge on any atom is -0.455 e. The first-order valence-electron chi connectivity index (χ1n) is 11.4. The molecular weight excluding hydrogens is 427 g/mol. The highest BCUT2D eigenvalue weighted by atomic mass is 19.1. The molecule has 0 aliphatic carbocycles. The van der Waals surface area contributed by atoms with Crippen LogP contribution in [-0.2, 0) is 19.6 Å². The maximum Gasteiger partial charge on any atom is 0.287 e. The number of carbonyl (C=O) groups excluding carboxylic acids is 1. The van der Waals surface area contributed by atoms with E-state index in [0.717, 1.165) is 16.7 Å². The minimum absolute atomic E-state index is 0.131. The fourth-order valence-electron chi connectivity index (χ4n) is 3.91. The van der Waals surface area contributed by atoms with Crippen LogP contribution in [0.3, 0.4) is 0 Å². The first-order chi connectivity index (χ1) is 16.5. The highest BCUT2D eigenvalue weighted by Gasteiger charge is 2.17. The van der Waals surface area contributed by atoms with Gasteiger partial charge in [-0.05, 0) is 54.8 Å². The molecular formula is C29H29FN2O2. The van der Waals surface area contributed by atoms with Crippen LogP contribution in [0.5, 0.6) is 0 Å². The molecule has 0 bridgehead atoms. The van der Waals surface area contributed by atoms with Gasteiger partial charge in [-0.25, -0.2) is 4.39 Å². The van der Waals surface area contributed by atoms with Crippen molar-refractivity contribution in [2.75, 3.05) is 0 Å². The zero-order valence-corrected chi connectivity index (χ0v) is 19.5. The average Bonchev–Trinajstić information content (AvgIpc) is 3.30. The quantitative estimate of drug-likeness (QED) is 0.316. The second-order valence-electron chi connectivity index (χ2n) is 8.63. The van der Waals surface area contributed by atoms with Crippen molar-refractivity contribution >= 4 is 5.91 Å². The van der Waals surface area contributed by atoms with Crippen LogP contribution >= 0.6 is 0 Å². The number of amides is 1. The summed E-state index contributed by atoms with van der Waals surface area (Å²) in [6.07, 6.45) is 0. The van der Waals surface area contributed by atoms with Crippen LogP contribution in [-0.4, -0.2) is 10.8 Å². The van der Waals surface area contributed by atoms with E-state index in [2.05, 4.69) is 41.4 Å². The van der Waals surface area contributed by atoms with Gasteiger partial charge in [0.15, 0.2) is 5.76 Å². The Hall–Kier alpha value is -3.70. The Morgan fingerprint density at radius 2 is 1.62 bits per heavy atom. The van der Waals surface area contributed by atoms with Gasteiger partial charge < -0.3 is 9.73 Å². The monoisotopic (exact) mass is 456 g/mol. The summed E-state index contributed by atoms with van der Waals surface area (Å²) in [5, 5.41) is 2.98. The van der Waals surface area contributed by atoms with Crippen molar-refractivity contribution in [3.63, 3.8) is 0 Å². The van der Waals surface area contributed by atoms with Crippen molar-refractivity contribution < 1.29 is 13.6 Å². The van der Waals surface area contributed by atoms with Gasteiger partial charge in [-0.2, -0.15) is 0 Å². The van der Waals surface area contributed by atoms with Crippen molar-refractivity contribution in [3.05, 3.63) is 131 Å². The summed E-state index contributed by atoms with van der Waals surface area (Å²) < 4.78 is 19.7. The highest BCUT2D eigenvalue weighted by molar-refractivity contribution is 5.91. The number of nitrogens with zero attached hydrogens (tertiary/aromatic N) is 1. The third kappa shape index (κ3) is 6.42. The van der Waals surface area contributed by atoms with Crippen molar-refractivity contribution in [1.82, 2.24) is 10.2 Å². The fourth-order valence-corrected chi connectivity index (χ4v) is 3.91. The lowest BCUT2D eigenvalue weighted by Gasteiger charge is -2.22. The molecule has 3 aromatic carbocycles. The average molecular weight is 457 g/mol. The molecule has 4 nitrogen and oxygen atoms in total. The molecule has 34 heavy (non-hydrogen) atoms. The second-order valence-corrected chi connectivity index (χ2v) is 8.63. The van der Waals surface area contributed by atoms with E-state index in [4.69, 9.17) is 4.42 Å². The molecule has 0 fully saturated rings. The van der Waals surface area contributed by atoms with E-state index in [-0.39, 0.29) is 23.5 Å². The second kappa shape index (κ2) is 10.9. The Bertz CT molecular complexity index is 1220. The van der Waals surface area contributed by atoms with Gasteiger partial charge >= 0.3 is 0 Å². The van der Waals surface area contributed by atoms with Gasteiger partial charge in [0.2, 0.25) is 0 Å². The van der Waals surface area contributed by atoms with Crippen LogP contribution in [0.1, 0.15) is 51.5 Å². The molecule has 0 aliphatic rings. The van der Waals surface area contributed by atoms with Crippen molar-refractivity contribution in [2.24, 2.45) is 0 Å². The number of hydrogen-bond acceptors (Lipinski definition) is 3. The summed E-state index contributed by atoms with van der Waals surface area (Å²) in [5.41, 5.74) is 4.27. The van der Waals surface area contributed by atoms with E-state index in [0.29, 0.717) is 25.4 Å². The van der Waals surface area contributed by atoms with E-state index in [1.54, 1.807) is 18.2 Å². The Morgan fingerprint density at radius 1 is 0.882 bits per heavy atom. The summed E-state index contributed by atoms with van der Waals surface area (Å²) in [4.78, 5) is 14.9. The highest BCUT2D eigenvalue weighted by Crippen LogP contribution is 2.18. The number of carbonyl (C=O) groups is 1. The SMILES string of the molecule is Cc1ccc(CN(Cc2cccc(F)c2)Cc2ccc(C(=O)NC(C)c3ccccc3)o2)cc1. The molecule has 1 aromatic heterocycles. The number of furan rings is 1. The van der Waals surface area contributed by atoms with Crippen molar-refractivity contribution in [3.8, 4) is 0 Å². The molecule has 0 saturated heterocycles. The Kier molecular flexibility index (Phi) is 7.55. The van der Waals surface area contributed by atoms with Crippen LogP contribution in [0.15, 0.2) is 95.4 Å². The number of aryl methyl sites for hydroxylation is 1. The molecule has 4 rings (SSSR count). The Morgan fingerprint density at radius 3 is 2.35 bits per heavy atom. The van der Waals surface area contributed by atoms with E-state index in [1.165, 1.54) is 11.6 Å². The number of rotatable bonds is 9. The topological polar surface area (TPSA) is 45.5 Å². The predicted octanol–water partition coefficient (Wildman–Crippen LogP) is 6.42. The molecule has 174 valence electrons. The third-order valence-corrected chi connectivity index (χ3v) is 5.73. The first kappa shape index (κ1) is 23.5. The Balaban J connectivity index is 1.46. The molecule has 0 aliphatic heterocycles. The van der Waals surface area contributed by atoms with E-state index in [9.17, 15) is 9.18 Å². The van der Waals surface area contributed by atoms with E-state index >= 15 is 0 Å². The van der Waals surface area contributed by atoms with Crippen LogP contribution < -0.4 is 5.32 Å². The van der Waals surface area contributed by atoms with Crippen LogP contribution in [0, 0.1) is 12.7 Å².